The van der Waals surface area contributed by atoms with E-state index in [9.17, 15) is 4.79 Å². The molecule has 0 fully saturated rings. The number of carbonyl (C=O) groups excluding carboxylic acids is 1. The van der Waals surface area contributed by atoms with E-state index in [1.807, 2.05) is 0 Å². The molecule has 0 aromatic rings. The molecule has 0 aliphatic rings. The van der Waals surface area contributed by atoms with Crippen molar-refractivity contribution in [3.63, 3.8) is 0 Å². The summed E-state index contributed by atoms with van der Waals surface area (Å²) < 4.78 is 4.86. The second kappa shape index (κ2) is 10.9. The second-order valence-electron chi connectivity index (χ2n) is 3.76. The zero-order valence-corrected chi connectivity index (χ0v) is 10.5. The molecule has 0 aliphatic carbocycles. The number of carbonyl (C=O) groups is 1. The van der Waals surface area contributed by atoms with Crippen LogP contribution in [0.2, 0.25) is 0 Å². The van der Waals surface area contributed by atoms with Crippen molar-refractivity contribution in [2.24, 2.45) is 5.73 Å². The van der Waals surface area contributed by atoms with Crippen LogP contribution < -0.4 is 11.1 Å². The number of nitrogens with two attached hydrogens (primary N) is 1. The summed E-state index contributed by atoms with van der Waals surface area (Å²) >= 11 is 0. The van der Waals surface area contributed by atoms with Crippen molar-refractivity contribution in [3.05, 3.63) is 0 Å². The molecule has 5 heteroatoms. The van der Waals surface area contributed by atoms with Gasteiger partial charge < -0.3 is 15.8 Å². The minimum Gasteiger partial charge on any atom is -0.383 e. The maximum atomic E-state index is 11.5. The summed E-state index contributed by atoms with van der Waals surface area (Å²) in [7, 11) is 1.62. The Bertz CT molecular complexity index is 177. The Kier molecular flexibility index (Phi) is 10.4. The number of hydrogen-bond acceptors (Lipinski definition) is 4. The maximum Gasteiger partial charge on any atom is 0.234 e. The topological polar surface area (TPSA) is 67.6 Å². The van der Waals surface area contributed by atoms with Gasteiger partial charge >= 0.3 is 0 Å². The van der Waals surface area contributed by atoms with E-state index in [0.29, 0.717) is 26.2 Å². The van der Waals surface area contributed by atoms with E-state index in [2.05, 4.69) is 17.1 Å². The molecule has 3 N–H and O–H groups in total. The molecule has 0 unspecified atom stereocenters. The van der Waals surface area contributed by atoms with Gasteiger partial charge in [-0.1, -0.05) is 13.3 Å². The highest BCUT2D eigenvalue weighted by atomic mass is 16.5. The van der Waals surface area contributed by atoms with Crippen molar-refractivity contribution in [1.82, 2.24) is 10.2 Å². The highest BCUT2D eigenvalue weighted by Gasteiger charge is 2.08. The molecule has 0 saturated heterocycles. The summed E-state index contributed by atoms with van der Waals surface area (Å²) in [6.07, 6.45) is 2.23. The summed E-state index contributed by atoms with van der Waals surface area (Å²) in [5.74, 6) is 0.0432. The lowest BCUT2D eigenvalue weighted by Crippen LogP contribution is -2.40. The van der Waals surface area contributed by atoms with Crippen molar-refractivity contribution in [2.45, 2.75) is 19.8 Å². The molecule has 0 radical (unpaired) electrons. The lowest BCUT2D eigenvalue weighted by molar-refractivity contribution is -0.122. The Morgan fingerprint density at radius 2 is 2.19 bits per heavy atom. The van der Waals surface area contributed by atoms with Crippen molar-refractivity contribution >= 4 is 5.91 Å². The zero-order chi connectivity index (χ0) is 12.2. The molecular formula is C11H25N3O2. The quantitative estimate of drug-likeness (QED) is 0.511. The van der Waals surface area contributed by atoms with Crippen LogP contribution in [0.15, 0.2) is 0 Å². The van der Waals surface area contributed by atoms with E-state index in [1.165, 1.54) is 0 Å². The van der Waals surface area contributed by atoms with Gasteiger partial charge in [-0.15, -0.1) is 0 Å². The van der Waals surface area contributed by atoms with Crippen LogP contribution in [-0.2, 0) is 9.53 Å². The van der Waals surface area contributed by atoms with Gasteiger partial charge in [-0.3, -0.25) is 9.69 Å². The number of nitrogens with one attached hydrogen (secondary N) is 1. The van der Waals surface area contributed by atoms with E-state index in [1.54, 1.807) is 7.11 Å². The van der Waals surface area contributed by atoms with Crippen molar-refractivity contribution < 1.29 is 9.53 Å². The summed E-state index contributed by atoms with van der Waals surface area (Å²) in [5, 5.41) is 2.80. The maximum absolute atomic E-state index is 11.5. The number of hydrogen-bond donors (Lipinski definition) is 2. The average Bonchev–Trinajstić information content (AvgIpc) is 2.26. The monoisotopic (exact) mass is 231 g/mol. The highest BCUT2D eigenvalue weighted by molar-refractivity contribution is 5.77. The van der Waals surface area contributed by atoms with Gasteiger partial charge in [0.05, 0.1) is 13.2 Å². The molecule has 0 aromatic carbocycles. The first-order valence-corrected chi connectivity index (χ1v) is 5.92. The number of nitrogens with zero attached hydrogens (tertiary/aromatic N) is 1. The van der Waals surface area contributed by atoms with Gasteiger partial charge in [0, 0.05) is 26.7 Å². The smallest absolute Gasteiger partial charge is 0.234 e. The number of methoxy groups -OCH3 is 1. The van der Waals surface area contributed by atoms with E-state index in [4.69, 9.17) is 10.5 Å². The molecule has 0 aromatic heterocycles. The summed E-state index contributed by atoms with van der Waals surface area (Å²) in [5.41, 5.74) is 5.51. The normalized spacial score (nSPS) is 10.8. The third-order valence-electron chi connectivity index (χ3n) is 2.27. The Labute approximate surface area is 98.3 Å². The Morgan fingerprint density at radius 1 is 1.44 bits per heavy atom. The van der Waals surface area contributed by atoms with Gasteiger partial charge in [-0.05, 0) is 13.0 Å². The Hall–Kier alpha value is -0.650. The molecule has 1 amide bonds. The summed E-state index contributed by atoms with van der Waals surface area (Å²) in [6.45, 7) is 6.00. The predicted octanol–water partition coefficient (Wildman–Crippen LogP) is -0.190. The lowest BCUT2D eigenvalue weighted by atomic mass is 10.3. The molecule has 0 saturated carbocycles. The van der Waals surface area contributed by atoms with Crippen molar-refractivity contribution in [2.75, 3.05) is 46.4 Å². The first kappa shape index (κ1) is 15.3. The van der Waals surface area contributed by atoms with Gasteiger partial charge in [0.25, 0.3) is 0 Å². The van der Waals surface area contributed by atoms with Crippen LogP contribution in [-0.4, -0.2) is 57.2 Å². The van der Waals surface area contributed by atoms with Gasteiger partial charge in [-0.2, -0.15) is 0 Å². The number of ether oxygens (including phenoxy) is 1. The second-order valence-corrected chi connectivity index (χ2v) is 3.76. The summed E-state index contributed by atoms with van der Waals surface area (Å²) in [4.78, 5) is 13.6. The highest BCUT2D eigenvalue weighted by Crippen LogP contribution is 1.93. The summed E-state index contributed by atoms with van der Waals surface area (Å²) in [6, 6.07) is 0. The van der Waals surface area contributed by atoms with Gasteiger partial charge in [0.2, 0.25) is 5.91 Å². The van der Waals surface area contributed by atoms with E-state index < -0.39 is 0 Å². The molecule has 5 nitrogen and oxygen atoms in total. The fraction of sp³-hybridized carbons (Fsp3) is 0.909. The molecule has 0 bridgehead atoms. The van der Waals surface area contributed by atoms with Gasteiger partial charge in [-0.25, -0.2) is 0 Å². The molecule has 0 rings (SSSR count). The van der Waals surface area contributed by atoms with E-state index >= 15 is 0 Å². The van der Waals surface area contributed by atoms with Crippen LogP contribution >= 0.6 is 0 Å². The van der Waals surface area contributed by atoms with Gasteiger partial charge in [0.15, 0.2) is 0 Å². The van der Waals surface area contributed by atoms with E-state index in [0.717, 1.165) is 25.9 Å². The standard InChI is InChI=1S/C11H25N3O2/c1-3-4-7-14(8-5-12)10-11(15)13-6-9-16-2/h3-10,12H2,1-2H3,(H,13,15). The molecule has 0 aliphatic heterocycles. The Morgan fingerprint density at radius 3 is 2.75 bits per heavy atom. The van der Waals surface area contributed by atoms with Gasteiger partial charge in [0.1, 0.15) is 0 Å². The Balaban J connectivity index is 3.73. The van der Waals surface area contributed by atoms with Crippen LogP contribution in [0.5, 0.6) is 0 Å². The molecule has 0 spiro atoms. The van der Waals surface area contributed by atoms with Crippen LogP contribution in [0.25, 0.3) is 0 Å². The van der Waals surface area contributed by atoms with Crippen LogP contribution in [0.4, 0.5) is 0 Å². The molecule has 0 heterocycles. The fourth-order valence-corrected chi connectivity index (χ4v) is 1.39. The third-order valence-corrected chi connectivity index (χ3v) is 2.27. The van der Waals surface area contributed by atoms with Crippen LogP contribution in [0.3, 0.4) is 0 Å². The van der Waals surface area contributed by atoms with Crippen LogP contribution in [0.1, 0.15) is 19.8 Å². The number of amides is 1. The minimum absolute atomic E-state index is 0.0432. The van der Waals surface area contributed by atoms with Crippen molar-refractivity contribution in [1.29, 1.82) is 0 Å². The predicted molar refractivity (Wildman–Crippen MR) is 65.3 cm³/mol. The molecular weight excluding hydrogens is 206 g/mol. The lowest BCUT2D eigenvalue weighted by Gasteiger charge is -2.20. The first-order chi connectivity index (χ1) is 7.74. The van der Waals surface area contributed by atoms with Crippen molar-refractivity contribution in [3.8, 4) is 0 Å². The third kappa shape index (κ3) is 8.64. The average molecular weight is 231 g/mol. The fourth-order valence-electron chi connectivity index (χ4n) is 1.39. The molecule has 96 valence electrons. The zero-order valence-electron chi connectivity index (χ0n) is 10.5. The van der Waals surface area contributed by atoms with Crippen LogP contribution in [0, 0.1) is 0 Å². The SMILES string of the molecule is CCCCN(CCN)CC(=O)NCCOC. The number of rotatable bonds is 10. The first-order valence-electron chi connectivity index (χ1n) is 5.92. The molecule has 16 heavy (non-hydrogen) atoms. The largest absolute Gasteiger partial charge is 0.383 e. The number of unbranched alkanes of at least 4 members (excludes halogenated alkanes) is 1. The minimum atomic E-state index is 0.0432. The van der Waals surface area contributed by atoms with E-state index in [-0.39, 0.29) is 5.91 Å². The molecule has 0 atom stereocenters.